The molecular formula is C21H16ClN3O7S3. The fraction of sp³-hybridized carbons (Fsp3) is 0.0952. The number of fused-ring (bicyclic) bond motifs is 1. The number of halogens is 1. The van der Waals surface area contributed by atoms with Gasteiger partial charge in [-0.1, -0.05) is 23.7 Å². The lowest BCUT2D eigenvalue weighted by Crippen LogP contribution is -2.33. The molecule has 4 aromatic rings. The van der Waals surface area contributed by atoms with Gasteiger partial charge in [0.1, 0.15) is 9.96 Å². The summed E-state index contributed by atoms with van der Waals surface area (Å²) >= 11 is 4.32. The Hall–Kier alpha value is -3.10. The molecule has 35 heavy (non-hydrogen) atoms. The molecule has 0 spiro atoms. The van der Waals surface area contributed by atoms with E-state index in [9.17, 15) is 27.0 Å². The molecule has 1 unspecified atom stereocenters. The summed E-state index contributed by atoms with van der Waals surface area (Å²) in [6, 6.07) is 13.0. The highest BCUT2D eigenvalue weighted by molar-refractivity contribution is 7.94. The van der Waals surface area contributed by atoms with Gasteiger partial charge in [-0.05, 0) is 48.0 Å². The largest absolute Gasteiger partial charge is 0.333 e. The molecule has 0 aliphatic rings. The molecule has 2 aromatic heterocycles. The molecule has 3 N–H and O–H groups in total. The second-order valence-corrected chi connectivity index (χ2v) is 12.0. The van der Waals surface area contributed by atoms with E-state index in [0.717, 1.165) is 15.9 Å². The van der Waals surface area contributed by atoms with Crippen LogP contribution in [0, 0.1) is 0 Å². The summed E-state index contributed by atoms with van der Waals surface area (Å²) in [6.45, 7) is 0. The fourth-order valence-electron chi connectivity index (χ4n) is 3.40. The third kappa shape index (κ3) is 5.60. The molecule has 0 radical (unpaired) electrons. The number of nitrogens with one attached hydrogen (secondary N) is 2. The zero-order valence-electron chi connectivity index (χ0n) is 17.6. The van der Waals surface area contributed by atoms with Gasteiger partial charge in [0.05, 0.1) is 20.9 Å². The average molecular weight is 554 g/mol. The lowest BCUT2D eigenvalue weighted by molar-refractivity contribution is -0.116. The Morgan fingerprint density at radius 2 is 1.83 bits per heavy atom. The van der Waals surface area contributed by atoms with Crippen LogP contribution in [-0.2, 0) is 32.3 Å². The smallest absolute Gasteiger partial charge is 0.306 e. The number of aromatic amines is 1. The quantitative estimate of drug-likeness (QED) is 0.283. The van der Waals surface area contributed by atoms with E-state index in [1.54, 1.807) is 0 Å². The number of carbonyl (C=O) groups is 1. The molecule has 4 rings (SSSR count). The van der Waals surface area contributed by atoms with Crippen LogP contribution in [0.3, 0.4) is 0 Å². The standard InChI is InChI=1S/C21H16ClN3O7S3/c22-18-7-8-19(33-18)35(31,32)11-15(26)9-12-1-4-14(5-2-12)25-20(27)16-10-13(24-34(29)30)3-6-17(16)23-21(25)28/h1-8,10,24H,9,11H2,(H,23,28)(H,29,30). The van der Waals surface area contributed by atoms with Crippen molar-refractivity contribution < 1.29 is 22.0 Å². The van der Waals surface area contributed by atoms with Gasteiger partial charge in [0, 0.05) is 12.1 Å². The molecule has 0 bridgehead atoms. The van der Waals surface area contributed by atoms with E-state index in [4.69, 9.17) is 16.2 Å². The van der Waals surface area contributed by atoms with E-state index < -0.39 is 43.9 Å². The fourth-order valence-corrected chi connectivity index (χ4v) is 6.54. The number of carbonyl (C=O) groups excluding carboxylic acids is 1. The van der Waals surface area contributed by atoms with E-state index in [0.29, 0.717) is 9.90 Å². The van der Waals surface area contributed by atoms with Gasteiger partial charge in [-0.15, -0.1) is 11.3 Å². The third-order valence-corrected chi connectivity index (χ3v) is 8.80. The summed E-state index contributed by atoms with van der Waals surface area (Å²) in [5, 5.41) is 0.109. The second-order valence-electron chi connectivity index (χ2n) is 7.38. The Morgan fingerprint density at radius 1 is 1.11 bits per heavy atom. The van der Waals surface area contributed by atoms with E-state index in [1.807, 2.05) is 0 Å². The topological polar surface area (TPSA) is 155 Å². The molecule has 0 amide bonds. The SMILES string of the molecule is O=C(Cc1ccc(-n2c(=O)[nH]c3ccc(NS(=O)O)cc3c2=O)cc1)CS(=O)(=O)c1ccc(Cl)s1. The van der Waals surface area contributed by atoms with E-state index in [-0.39, 0.29) is 32.9 Å². The molecule has 14 heteroatoms. The molecule has 0 saturated carbocycles. The molecule has 1 atom stereocenters. The highest BCUT2D eigenvalue weighted by Crippen LogP contribution is 2.26. The van der Waals surface area contributed by atoms with Crippen LogP contribution in [0.25, 0.3) is 16.6 Å². The Labute approximate surface area is 209 Å². The zero-order valence-corrected chi connectivity index (χ0v) is 20.8. The van der Waals surface area contributed by atoms with Crippen LogP contribution >= 0.6 is 22.9 Å². The van der Waals surface area contributed by atoms with Crippen molar-refractivity contribution in [1.82, 2.24) is 9.55 Å². The van der Waals surface area contributed by atoms with Gasteiger partial charge in [0.15, 0.2) is 15.6 Å². The minimum Gasteiger partial charge on any atom is -0.306 e. The van der Waals surface area contributed by atoms with E-state index in [2.05, 4.69) is 9.71 Å². The Balaban J connectivity index is 1.58. The van der Waals surface area contributed by atoms with Crippen LogP contribution in [0.1, 0.15) is 5.56 Å². The summed E-state index contributed by atoms with van der Waals surface area (Å²) in [7, 11) is -3.80. The first-order valence-electron chi connectivity index (χ1n) is 9.79. The molecule has 0 fully saturated rings. The number of benzene rings is 2. The third-order valence-electron chi connectivity index (χ3n) is 4.90. The monoisotopic (exact) mass is 553 g/mol. The summed E-state index contributed by atoms with van der Waals surface area (Å²) in [5.74, 6) is -1.20. The number of rotatable bonds is 8. The number of anilines is 1. The van der Waals surface area contributed by atoms with Gasteiger partial charge in [-0.3, -0.25) is 18.9 Å². The number of hydrogen-bond acceptors (Lipinski definition) is 7. The molecule has 2 heterocycles. The highest BCUT2D eigenvalue weighted by atomic mass is 35.5. The number of sulfone groups is 1. The van der Waals surface area contributed by atoms with Crippen molar-refractivity contribution in [2.45, 2.75) is 10.6 Å². The van der Waals surface area contributed by atoms with Crippen molar-refractivity contribution in [1.29, 1.82) is 0 Å². The van der Waals surface area contributed by atoms with Gasteiger partial charge in [0.2, 0.25) is 0 Å². The van der Waals surface area contributed by atoms with Crippen molar-refractivity contribution in [2.75, 3.05) is 10.5 Å². The molecule has 182 valence electrons. The van der Waals surface area contributed by atoms with Gasteiger partial charge in [-0.25, -0.2) is 22.0 Å². The van der Waals surface area contributed by atoms with Crippen molar-refractivity contribution in [2.24, 2.45) is 0 Å². The Kier molecular flexibility index (Phi) is 7.05. The number of thiophene rings is 1. The molecular weight excluding hydrogens is 538 g/mol. The first-order chi connectivity index (χ1) is 16.5. The molecule has 0 aliphatic heterocycles. The lowest BCUT2D eigenvalue weighted by atomic mass is 10.1. The molecule has 0 saturated heterocycles. The number of Topliss-reactive ketones (excluding diaryl/α,β-unsaturated/α-hetero) is 1. The van der Waals surface area contributed by atoms with Crippen LogP contribution in [0.15, 0.2) is 68.4 Å². The van der Waals surface area contributed by atoms with E-state index in [1.165, 1.54) is 54.6 Å². The zero-order chi connectivity index (χ0) is 25.3. The first-order valence-corrected chi connectivity index (χ1v) is 13.7. The molecule has 0 aliphatic carbocycles. The summed E-state index contributed by atoms with van der Waals surface area (Å²) in [5.41, 5.74) is -0.164. The predicted octanol–water partition coefficient (Wildman–Crippen LogP) is 2.53. The Morgan fingerprint density at radius 3 is 2.46 bits per heavy atom. The Bertz CT molecular complexity index is 1690. The van der Waals surface area contributed by atoms with E-state index >= 15 is 0 Å². The summed E-state index contributed by atoms with van der Waals surface area (Å²) in [4.78, 5) is 40.5. The van der Waals surface area contributed by atoms with Crippen LogP contribution in [0.2, 0.25) is 4.34 Å². The lowest BCUT2D eigenvalue weighted by Gasteiger charge is -2.09. The van der Waals surface area contributed by atoms with Gasteiger partial charge in [0.25, 0.3) is 16.8 Å². The van der Waals surface area contributed by atoms with Gasteiger partial charge < -0.3 is 4.98 Å². The predicted molar refractivity (Wildman–Crippen MR) is 135 cm³/mol. The van der Waals surface area contributed by atoms with Crippen LogP contribution in [-0.4, -0.2) is 38.3 Å². The maximum absolute atomic E-state index is 13.0. The normalized spacial score (nSPS) is 12.5. The maximum atomic E-state index is 13.0. The highest BCUT2D eigenvalue weighted by Gasteiger charge is 2.21. The first kappa shape index (κ1) is 25.0. The van der Waals surface area contributed by atoms with Crippen molar-refractivity contribution in [3.8, 4) is 5.69 Å². The number of H-pyrrole nitrogens is 1. The number of aromatic nitrogens is 2. The minimum absolute atomic E-state index is 0.0182. The van der Waals surface area contributed by atoms with Crippen molar-refractivity contribution >= 4 is 66.4 Å². The van der Waals surface area contributed by atoms with Gasteiger partial charge in [-0.2, -0.15) is 0 Å². The summed E-state index contributed by atoms with van der Waals surface area (Å²) < 4.78 is 48.2. The number of hydrogen-bond donors (Lipinski definition) is 3. The van der Waals surface area contributed by atoms with Crippen molar-refractivity contribution in [3.63, 3.8) is 0 Å². The van der Waals surface area contributed by atoms with Crippen LogP contribution in [0.5, 0.6) is 0 Å². The second kappa shape index (κ2) is 9.87. The molecule has 10 nitrogen and oxygen atoms in total. The molecule has 2 aromatic carbocycles. The number of nitrogens with zero attached hydrogens (tertiary/aromatic N) is 1. The van der Waals surface area contributed by atoms with Gasteiger partial charge >= 0.3 is 5.69 Å². The van der Waals surface area contributed by atoms with Crippen LogP contribution in [0.4, 0.5) is 5.69 Å². The summed E-state index contributed by atoms with van der Waals surface area (Å²) in [6.07, 6.45) is -0.158. The van der Waals surface area contributed by atoms with Crippen molar-refractivity contribution in [3.05, 3.63) is 85.3 Å². The minimum atomic E-state index is -3.80. The number of ketones is 1. The average Bonchev–Trinajstić information content (AvgIpc) is 3.22. The maximum Gasteiger partial charge on any atom is 0.333 e. The van der Waals surface area contributed by atoms with Crippen LogP contribution < -0.4 is 16.0 Å².